The number of nitrogens with zero attached hydrogens (tertiary/aromatic N) is 1. The molecule has 0 unspecified atom stereocenters. The summed E-state index contributed by atoms with van der Waals surface area (Å²) in [5, 5.41) is 11.3. The number of aromatic carboxylic acids is 1. The Balaban J connectivity index is 2.59. The van der Waals surface area contributed by atoms with Crippen LogP contribution in [0.5, 0.6) is 0 Å². The molecule has 0 aromatic carbocycles. The highest BCUT2D eigenvalue weighted by Crippen LogP contribution is 2.09. The van der Waals surface area contributed by atoms with E-state index >= 15 is 0 Å². The van der Waals surface area contributed by atoms with Crippen LogP contribution in [-0.4, -0.2) is 28.5 Å². The van der Waals surface area contributed by atoms with E-state index in [1.54, 1.807) is 6.92 Å². The summed E-state index contributed by atoms with van der Waals surface area (Å²) in [4.78, 5) is 25.0. The highest BCUT2D eigenvalue weighted by Gasteiger charge is 2.15. The van der Waals surface area contributed by atoms with Crippen LogP contribution >= 0.6 is 0 Å². The number of carbonyl (C=O) groups is 2. The van der Waals surface area contributed by atoms with Gasteiger partial charge in [-0.05, 0) is 6.92 Å². The second-order valence-corrected chi connectivity index (χ2v) is 3.05. The van der Waals surface area contributed by atoms with Gasteiger partial charge in [-0.25, -0.2) is 9.78 Å². The topological polar surface area (TPSA) is 92.4 Å². The Kier molecular flexibility index (Phi) is 3.43. The number of carbonyl (C=O) groups excluding carboxylic acids is 1. The van der Waals surface area contributed by atoms with E-state index in [1.807, 2.05) is 0 Å². The number of rotatable bonds is 4. The molecule has 0 aliphatic rings. The van der Waals surface area contributed by atoms with E-state index in [-0.39, 0.29) is 17.4 Å². The maximum absolute atomic E-state index is 10.6. The lowest BCUT2D eigenvalue weighted by Gasteiger charge is -1.97. The van der Waals surface area contributed by atoms with Crippen molar-refractivity contribution in [3.05, 3.63) is 17.3 Å². The zero-order valence-electron chi connectivity index (χ0n) is 8.53. The minimum atomic E-state index is -1.11. The summed E-state index contributed by atoms with van der Waals surface area (Å²) in [5.74, 6) is -0.655. The van der Waals surface area contributed by atoms with Crippen molar-refractivity contribution in [3.8, 4) is 0 Å². The predicted octanol–water partition coefficient (Wildman–Crippen LogP) is 0.360. The Labute approximate surface area is 86.3 Å². The number of nitrogens with one attached hydrogen (secondary N) is 1. The first kappa shape index (κ1) is 11.2. The van der Waals surface area contributed by atoms with E-state index in [4.69, 9.17) is 9.52 Å². The summed E-state index contributed by atoms with van der Waals surface area (Å²) < 4.78 is 5.11. The molecule has 0 aliphatic heterocycles. The van der Waals surface area contributed by atoms with Crippen molar-refractivity contribution >= 4 is 11.9 Å². The molecule has 0 aliphatic carbocycles. The van der Waals surface area contributed by atoms with Crippen molar-refractivity contribution < 1.29 is 19.1 Å². The van der Waals surface area contributed by atoms with E-state index in [9.17, 15) is 9.59 Å². The molecule has 0 saturated carbocycles. The Morgan fingerprint density at radius 1 is 1.53 bits per heavy atom. The molecule has 1 heterocycles. The van der Waals surface area contributed by atoms with Crippen molar-refractivity contribution in [1.29, 1.82) is 0 Å². The van der Waals surface area contributed by atoms with Gasteiger partial charge in [0.05, 0.1) is 0 Å². The fraction of sp³-hybridized carbons (Fsp3) is 0.444. The number of carboxylic acid groups (broad SMARTS) is 1. The molecule has 1 aromatic rings. The summed E-state index contributed by atoms with van der Waals surface area (Å²) in [6.45, 7) is 3.33. The maximum atomic E-state index is 10.6. The summed E-state index contributed by atoms with van der Waals surface area (Å²) >= 11 is 0. The maximum Gasteiger partial charge on any atom is 0.358 e. The Bertz CT molecular complexity index is 383. The number of hydrogen-bond acceptors (Lipinski definition) is 4. The van der Waals surface area contributed by atoms with Gasteiger partial charge in [-0.15, -0.1) is 0 Å². The van der Waals surface area contributed by atoms with Gasteiger partial charge in [0.15, 0.2) is 11.6 Å². The molecule has 1 aromatic heterocycles. The number of amides is 1. The summed E-state index contributed by atoms with van der Waals surface area (Å²) in [6, 6.07) is 0. The third kappa shape index (κ3) is 3.08. The molecule has 0 fully saturated rings. The standard InChI is InChI=1S/C9H12N2O4/c1-5-8(9(13)14)11-7(15-5)3-4-10-6(2)12/h3-4H2,1-2H3,(H,10,12)(H,13,14). The summed E-state index contributed by atoms with van der Waals surface area (Å²) in [7, 11) is 0. The third-order valence-electron chi connectivity index (χ3n) is 1.76. The second kappa shape index (κ2) is 4.59. The van der Waals surface area contributed by atoms with Crippen LogP contribution in [0.3, 0.4) is 0 Å². The molecular weight excluding hydrogens is 200 g/mol. The van der Waals surface area contributed by atoms with Crippen LogP contribution in [0, 0.1) is 6.92 Å². The number of hydrogen-bond donors (Lipinski definition) is 2. The van der Waals surface area contributed by atoms with Crippen LogP contribution in [0.1, 0.15) is 29.1 Å². The molecule has 15 heavy (non-hydrogen) atoms. The van der Waals surface area contributed by atoms with Crippen molar-refractivity contribution in [2.75, 3.05) is 6.54 Å². The monoisotopic (exact) mass is 212 g/mol. The molecule has 6 heteroatoms. The lowest BCUT2D eigenvalue weighted by atomic mass is 10.4. The lowest BCUT2D eigenvalue weighted by molar-refractivity contribution is -0.118. The molecule has 0 radical (unpaired) electrons. The van der Waals surface area contributed by atoms with E-state index in [2.05, 4.69) is 10.3 Å². The molecule has 0 saturated heterocycles. The van der Waals surface area contributed by atoms with Gasteiger partial charge >= 0.3 is 5.97 Å². The molecule has 0 spiro atoms. The van der Waals surface area contributed by atoms with Crippen LogP contribution in [0.2, 0.25) is 0 Å². The zero-order chi connectivity index (χ0) is 11.4. The summed E-state index contributed by atoms with van der Waals surface area (Å²) in [5.41, 5.74) is -0.0761. The van der Waals surface area contributed by atoms with Gasteiger partial charge in [0.25, 0.3) is 0 Å². The Hall–Kier alpha value is -1.85. The van der Waals surface area contributed by atoms with E-state index < -0.39 is 5.97 Å². The Morgan fingerprint density at radius 2 is 2.20 bits per heavy atom. The molecule has 1 rings (SSSR count). The first-order valence-electron chi connectivity index (χ1n) is 4.44. The van der Waals surface area contributed by atoms with Crippen LogP contribution in [0.25, 0.3) is 0 Å². The average molecular weight is 212 g/mol. The average Bonchev–Trinajstić information content (AvgIpc) is 2.46. The van der Waals surface area contributed by atoms with Gasteiger partial charge in [0, 0.05) is 19.9 Å². The van der Waals surface area contributed by atoms with Crippen LogP contribution in [-0.2, 0) is 11.2 Å². The van der Waals surface area contributed by atoms with Crippen molar-refractivity contribution in [3.63, 3.8) is 0 Å². The van der Waals surface area contributed by atoms with Crippen LogP contribution < -0.4 is 5.32 Å². The number of oxazole rings is 1. The second-order valence-electron chi connectivity index (χ2n) is 3.05. The third-order valence-corrected chi connectivity index (χ3v) is 1.76. The predicted molar refractivity (Wildman–Crippen MR) is 50.6 cm³/mol. The zero-order valence-corrected chi connectivity index (χ0v) is 8.53. The normalized spacial score (nSPS) is 10.0. The van der Waals surface area contributed by atoms with Gasteiger partial charge < -0.3 is 14.8 Å². The SMILES string of the molecule is CC(=O)NCCc1nc(C(=O)O)c(C)o1. The minimum absolute atomic E-state index is 0.0761. The van der Waals surface area contributed by atoms with Crippen LogP contribution in [0.15, 0.2) is 4.42 Å². The molecule has 0 atom stereocenters. The first-order chi connectivity index (χ1) is 7.00. The minimum Gasteiger partial charge on any atom is -0.476 e. The van der Waals surface area contributed by atoms with E-state index in [1.165, 1.54) is 6.92 Å². The number of carboxylic acids is 1. The fourth-order valence-electron chi connectivity index (χ4n) is 1.10. The Morgan fingerprint density at radius 3 is 2.67 bits per heavy atom. The number of aromatic nitrogens is 1. The van der Waals surface area contributed by atoms with Gasteiger partial charge in [-0.3, -0.25) is 4.79 Å². The molecule has 0 bridgehead atoms. The van der Waals surface area contributed by atoms with Gasteiger partial charge in [0.1, 0.15) is 5.76 Å². The quantitative estimate of drug-likeness (QED) is 0.751. The molecular formula is C9H12N2O4. The van der Waals surface area contributed by atoms with Crippen LogP contribution in [0.4, 0.5) is 0 Å². The van der Waals surface area contributed by atoms with Gasteiger partial charge in [-0.2, -0.15) is 0 Å². The van der Waals surface area contributed by atoms with Crippen molar-refractivity contribution in [2.24, 2.45) is 0 Å². The molecule has 2 N–H and O–H groups in total. The number of aryl methyl sites for hydroxylation is 1. The van der Waals surface area contributed by atoms with E-state index in [0.29, 0.717) is 18.9 Å². The molecule has 82 valence electrons. The van der Waals surface area contributed by atoms with E-state index in [0.717, 1.165) is 0 Å². The van der Waals surface area contributed by atoms with Gasteiger partial charge in [-0.1, -0.05) is 0 Å². The van der Waals surface area contributed by atoms with Crippen molar-refractivity contribution in [2.45, 2.75) is 20.3 Å². The highest BCUT2D eigenvalue weighted by molar-refractivity contribution is 5.86. The lowest BCUT2D eigenvalue weighted by Crippen LogP contribution is -2.22. The fourth-order valence-corrected chi connectivity index (χ4v) is 1.10. The van der Waals surface area contributed by atoms with Gasteiger partial charge in [0.2, 0.25) is 5.91 Å². The molecule has 1 amide bonds. The largest absolute Gasteiger partial charge is 0.476 e. The van der Waals surface area contributed by atoms with Crippen molar-refractivity contribution in [1.82, 2.24) is 10.3 Å². The first-order valence-corrected chi connectivity index (χ1v) is 4.44. The molecule has 6 nitrogen and oxygen atoms in total. The summed E-state index contributed by atoms with van der Waals surface area (Å²) in [6.07, 6.45) is 0.383. The highest BCUT2D eigenvalue weighted by atomic mass is 16.4. The smallest absolute Gasteiger partial charge is 0.358 e.